The van der Waals surface area contributed by atoms with Gasteiger partial charge < -0.3 is 14.8 Å². The van der Waals surface area contributed by atoms with Gasteiger partial charge in [-0.25, -0.2) is 9.50 Å². The Morgan fingerprint density at radius 3 is 2.80 bits per heavy atom. The number of methoxy groups -OCH3 is 1. The highest BCUT2D eigenvalue weighted by molar-refractivity contribution is 5.78. The fraction of sp³-hybridized carbons (Fsp3) is 0.409. The normalized spacial score (nSPS) is 11.1. The molecule has 2 heterocycles. The summed E-state index contributed by atoms with van der Waals surface area (Å²) in [5, 5.41) is 5.66. The molecule has 0 atom stereocenters. The Morgan fingerprint density at radius 1 is 1.27 bits per heavy atom. The fourth-order valence-corrected chi connectivity index (χ4v) is 3.08. The van der Waals surface area contributed by atoms with Gasteiger partial charge in [0.15, 0.2) is 17.1 Å². The summed E-state index contributed by atoms with van der Waals surface area (Å²) in [4.78, 5) is 29.3. The lowest BCUT2D eigenvalue weighted by molar-refractivity contribution is -0.120. The van der Waals surface area contributed by atoms with Crippen LogP contribution in [0.25, 0.3) is 5.65 Å². The van der Waals surface area contributed by atoms with E-state index in [1.165, 1.54) is 4.52 Å². The fourth-order valence-electron chi connectivity index (χ4n) is 3.08. The third-order valence-electron chi connectivity index (χ3n) is 4.85. The molecule has 1 amide bonds. The molecule has 8 heteroatoms. The lowest BCUT2D eigenvalue weighted by Gasteiger charge is -2.13. The summed E-state index contributed by atoms with van der Waals surface area (Å²) >= 11 is 0. The maximum atomic E-state index is 12.6. The van der Waals surface area contributed by atoms with E-state index in [-0.39, 0.29) is 17.9 Å². The third kappa shape index (κ3) is 5.00. The molecule has 0 saturated heterocycles. The Kier molecular flexibility index (Phi) is 6.76. The number of nitrogens with zero attached hydrogens (tertiary/aromatic N) is 2. The molecule has 0 bridgehead atoms. The summed E-state index contributed by atoms with van der Waals surface area (Å²) in [6.45, 7) is 6.97. The predicted molar refractivity (Wildman–Crippen MR) is 114 cm³/mol. The predicted octanol–water partition coefficient (Wildman–Crippen LogP) is 2.62. The Hall–Kier alpha value is -3.29. The van der Waals surface area contributed by atoms with Crippen molar-refractivity contribution >= 4 is 11.6 Å². The number of carbonyl (C=O) groups excluding carboxylic acids is 1. The summed E-state index contributed by atoms with van der Waals surface area (Å²) in [7, 11) is 1.59. The maximum Gasteiger partial charge on any atom is 0.276 e. The summed E-state index contributed by atoms with van der Waals surface area (Å²) in [6, 6.07) is 7.29. The van der Waals surface area contributed by atoms with Crippen LogP contribution in [0.1, 0.15) is 37.1 Å². The van der Waals surface area contributed by atoms with Gasteiger partial charge in [0.1, 0.15) is 0 Å². The summed E-state index contributed by atoms with van der Waals surface area (Å²) < 4.78 is 12.5. The number of H-pyrrole nitrogens is 1. The number of hydrogen-bond acceptors (Lipinski definition) is 5. The van der Waals surface area contributed by atoms with Gasteiger partial charge in [-0.3, -0.25) is 14.7 Å². The second-order valence-electron chi connectivity index (χ2n) is 7.61. The molecule has 3 rings (SSSR count). The quantitative estimate of drug-likeness (QED) is 0.563. The molecule has 8 nitrogen and oxygen atoms in total. The molecule has 0 radical (unpaired) electrons. The lowest BCUT2D eigenvalue weighted by Crippen LogP contribution is -2.30. The molecule has 0 spiro atoms. The average Bonchev–Trinajstić information content (AvgIpc) is 3.18. The van der Waals surface area contributed by atoms with Crippen LogP contribution in [-0.2, 0) is 17.8 Å². The van der Waals surface area contributed by atoms with Crippen LogP contribution >= 0.6 is 0 Å². The van der Waals surface area contributed by atoms with Crippen LogP contribution in [-0.4, -0.2) is 34.2 Å². The van der Waals surface area contributed by atoms with Crippen LogP contribution in [0.2, 0.25) is 0 Å². The van der Waals surface area contributed by atoms with Crippen LogP contribution in [0.15, 0.2) is 35.3 Å². The van der Waals surface area contributed by atoms with Gasteiger partial charge in [-0.1, -0.05) is 19.9 Å². The molecule has 0 fully saturated rings. The number of aromatic amines is 1. The van der Waals surface area contributed by atoms with Gasteiger partial charge in [0, 0.05) is 30.1 Å². The van der Waals surface area contributed by atoms with E-state index in [0.717, 1.165) is 12.0 Å². The van der Waals surface area contributed by atoms with Crippen molar-refractivity contribution in [3.05, 3.63) is 57.6 Å². The van der Waals surface area contributed by atoms with Gasteiger partial charge in [0.25, 0.3) is 5.56 Å². The van der Waals surface area contributed by atoms with Gasteiger partial charge in [0.2, 0.25) is 5.91 Å². The zero-order valence-corrected chi connectivity index (χ0v) is 17.8. The van der Waals surface area contributed by atoms with Gasteiger partial charge >= 0.3 is 0 Å². The van der Waals surface area contributed by atoms with Crippen LogP contribution in [0.5, 0.6) is 11.5 Å². The SMILES string of the molecule is COc1cc(CNC(=O)Cc2c(C)nc3cc[nH]n3c2=O)ccc1OCCC(C)C. The standard InChI is InChI=1S/C22H28N4O4/c1-14(2)8-10-30-18-6-5-16(11-19(18)29-4)13-23-21(27)12-17-15(3)25-20-7-9-24-26(20)22(17)28/h5-7,9,11,14,24H,8,10,12-13H2,1-4H3,(H,23,27). The van der Waals surface area contributed by atoms with Gasteiger partial charge in [0.05, 0.1) is 20.1 Å². The molecule has 0 aliphatic rings. The Bertz CT molecular complexity index is 1080. The van der Waals surface area contributed by atoms with Crippen LogP contribution < -0.4 is 20.3 Å². The van der Waals surface area contributed by atoms with E-state index in [2.05, 4.69) is 29.2 Å². The first-order chi connectivity index (χ1) is 14.4. The van der Waals surface area contributed by atoms with Crippen molar-refractivity contribution in [1.29, 1.82) is 0 Å². The minimum absolute atomic E-state index is 0.0346. The van der Waals surface area contributed by atoms with Crippen molar-refractivity contribution in [2.45, 2.75) is 40.2 Å². The van der Waals surface area contributed by atoms with E-state index in [4.69, 9.17) is 9.47 Å². The molecular weight excluding hydrogens is 384 g/mol. The Morgan fingerprint density at radius 2 is 2.07 bits per heavy atom. The second-order valence-corrected chi connectivity index (χ2v) is 7.61. The first kappa shape index (κ1) is 21.4. The smallest absolute Gasteiger partial charge is 0.276 e. The molecule has 30 heavy (non-hydrogen) atoms. The number of amides is 1. The number of hydrogen-bond donors (Lipinski definition) is 2. The van der Waals surface area contributed by atoms with E-state index in [0.29, 0.717) is 47.5 Å². The minimum atomic E-state index is -0.262. The zero-order chi connectivity index (χ0) is 21.7. The number of ether oxygens (including phenoxy) is 2. The van der Waals surface area contributed by atoms with E-state index in [1.54, 1.807) is 26.3 Å². The Balaban J connectivity index is 1.63. The number of carbonyl (C=O) groups is 1. The van der Waals surface area contributed by atoms with Crippen molar-refractivity contribution < 1.29 is 14.3 Å². The van der Waals surface area contributed by atoms with Crippen molar-refractivity contribution in [3.63, 3.8) is 0 Å². The van der Waals surface area contributed by atoms with Gasteiger partial charge in [-0.15, -0.1) is 0 Å². The molecule has 2 aromatic heterocycles. The van der Waals surface area contributed by atoms with Crippen LogP contribution in [0, 0.1) is 12.8 Å². The minimum Gasteiger partial charge on any atom is -0.493 e. The lowest BCUT2D eigenvalue weighted by atomic mass is 10.1. The number of aromatic nitrogens is 3. The van der Waals surface area contributed by atoms with Crippen molar-refractivity contribution in [3.8, 4) is 11.5 Å². The van der Waals surface area contributed by atoms with Crippen molar-refractivity contribution in [1.82, 2.24) is 19.9 Å². The average molecular weight is 412 g/mol. The molecule has 1 aromatic carbocycles. The molecule has 160 valence electrons. The van der Waals surface area contributed by atoms with E-state index >= 15 is 0 Å². The van der Waals surface area contributed by atoms with E-state index in [1.807, 2.05) is 18.2 Å². The number of fused-ring (bicyclic) bond motifs is 1. The summed E-state index contributed by atoms with van der Waals surface area (Å²) in [5.41, 5.74) is 2.08. The highest BCUT2D eigenvalue weighted by Crippen LogP contribution is 2.28. The van der Waals surface area contributed by atoms with Crippen molar-refractivity contribution in [2.24, 2.45) is 5.92 Å². The monoisotopic (exact) mass is 412 g/mol. The molecule has 0 unspecified atom stereocenters. The first-order valence-corrected chi connectivity index (χ1v) is 10.0. The molecule has 3 aromatic rings. The second kappa shape index (κ2) is 9.47. The van der Waals surface area contributed by atoms with Gasteiger partial charge in [-0.2, -0.15) is 0 Å². The molecule has 2 N–H and O–H groups in total. The highest BCUT2D eigenvalue weighted by atomic mass is 16.5. The van der Waals surface area contributed by atoms with Crippen LogP contribution in [0.3, 0.4) is 0 Å². The molecule has 0 aliphatic heterocycles. The zero-order valence-electron chi connectivity index (χ0n) is 17.8. The number of benzene rings is 1. The number of nitrogens with one attached hydrogen (secondary N) is 2. The summed E-state index contributed by atoms with van der Waals surface area (Å²) in [6.07, 6.45) is 2.56. The number of aryl methyl sites for hydroxylation is 1. The molecule has 0 aliphatic carbocycles. The van der Waals surface area contributed by atoms with Crippen molar-refractivity contribution in [2.75, 3.05) is 13.7 Å². The summed E-state index contributed by atoms with van der Waals surface area (Å²) in [5.74, 6) is 1.62. The topological polar surface area (TPSA) is 97.7 Å². The van der Waals surface area contributed by atoms with E-state index in [9.17, 15) is 9.59 Å². The first-order valence-electron chi connectivity index (χ1n) is 10.0. The largest absolute Gasteiger partial charge is 0.493 e. The van der Waals surface area contributed by atoms with Gasteiger partial charge in [-0.05, 0) is 37.0 Å². The third-order valence-corrected chi connectivity index (χ3v) is 4.85. The highest BCUT2D eigenvalue weighted by Gasteiger charge is 2.14. The molecule has 0 saturated carbocycles. The number of rotatable bonds is 9. The maximum absolute atomic E-state index is 12.6. The molecular formula is C22H28N4O4. The van der Waals surface area contributed by atoms with E-state index < -0.39 is 0 Å². The Labute approximate surface area is 175 Å². The van der Waals surface area contributed by atoms with Crippen LogP contribution in [0.4, 0.5) is 0 Å².